The summed E-state index contributed by atoms with van der Waals surface area (Å²) in [6, 6.07) is 6.75. The molecule has 27 heavy (non-hydrogen) atoms. The molecule has 3 rings (SSSR count). The topological polar surface area (TPSA) is 53.4 Å². The highest BCUT2D eigenvalue weighted by Crippen LogP contribution is 2.40. The molecule has 1 saturated heterocycles. The monoisotopic (exact) mass is 398 g/mol. The molecular formula is C19H18ClF3N2O2. The van der Waals surface area contributed by atoms with Gasteiger partial charge in [0.15, 0.2) is 0 Å². The van der Waals surface area contributed by atoms with Gasteiger partial charge in [-0.3, -0.25) is 14.7 Å². The van der Waals surface area contributed by atoms with E-state index in [2.05, 4.69) is 4.98 Å². The van der Waals surface area contributed by atoms with E-state index in [0.29, 0.717) is 30.8 Å². The normalized spacial score (nSPS) is 19.2. The lowest BCUT2D eigenvalue weighted by Gasteiger charge is -2.32. The Bertz CT molecular complexity index is 857. The van der Waals surface area contributed by atoms with Crippen molar-refractivity contribution in [3.8, 4) is 0 Å². The Kier molecular flexibility index (Phi) is 5.44. The molecule has 2 atom stereocenters. The minimum Gasteiger partial charge on any atom is -0.480 e. The molecule has 0 spiro atoms. The number of aromatic nitrogens is 1. The number of carboxylic acids is 1. The third-order valence-corrected chi connectivity index (χ3v) is 5.06. The molecule has 0 amide bonds. The van der Waals surface area contributed by atoms with Gasteiger partial charge in [0.1, 0.15) is 6.04 Å². The predicted molar refractivity (Wildman–Crippen MR) is 94.6 cm³/mol. The summed E-state index contributed by atoms with van der Waals surface area (Å²) in [4.78, 5) is 17.8. The Morgan fingerprint density at radius 1 is 1.33 bits per heavy atom. The third-order valence-electron chi connectivity index (χ3n) is 4.72. The highest BCUT2D eigenvalue weighted by atomic mass is 35.5. The van der Waals surface area contributed by atoms with Crippen LogP contribution in [0.2, 0.25) is 5.02 Å². The summed E-state index contributed by atoms with van der Waals surface area (Å²) in [5.41, 5.74) is 0.541. The van der Waals surface area contributed by atoms with Crippen LogP contribution < -0.4 is 0 Å². The van der Waals surface area contributed by atoms with Crippen molar-refractivity contribution in [2.45, 2.75) is 38.0 Å². The number of hydrogen-bond donors (Lipinski definition) is 1. The van der Waals surface area contributed by atoms with Gasteiger partial charge in [-0.2, -0.15) is 13.2 Å². The molecule has 144 valence electrons. The molecule has 1 aromatic heterocycles. The molecule has 4 nitrogen and oxygen atoms in total. The lowest BCUT2D eigenvalue weighted by atomic mass is 9.97. The Labute approximate surface area is 159 Å². The number of halogens is 4. The number of aliphatic carboxylic acids is 1. The van der Waals surface area contributed by atoms with Gasteiger partial charge >= 0.3 is 12.1 Å². The third kappa shape index (κ3) is 4.09. The van der Waals surface area contributed by atoms with Gasteiger partial charge in [0.05, 0.1) is 17.3 Å². The first-order chi connectivity index (χ1) is 12.7. The lowest BCUT2D eigenvalue weighted by molar-refractivity contribution is -0.143. The highest BCUT2D eigenvalue weighted by molar-refractivity contribution is 6.31. The van der Waals surface area contributed by atoms with Gasteiger partial charge in [-0.1, -0.05) is 17.7 Å². The average Bonchev–Trinajstić information content (AvgIpc) is 3.05. The molecule has 1 aromatic carbocycles. The number of nitrogens with zero attached hydrogens (tertiary/aromatic N) is 2. The number of hydrogen-bond acceptors (Lipinski definition) is 3. The molecule has 0 bridgehead atoms. The van der Waals surface area contributed by atoms with Crippen molar-refractivity contribution in [2.24, 2.45) is 0 Å². The van der Waals surface area contributed by atoms with Crippen LogP contribution in [0, 0.1) is 6.92 Å². The number of pyridine rings is 1. The van der Waals surface area contributed by atoms with Crippen LogP contribution in [-0.4, -0.2) is 33.5 Å². The summed E-state index contributed by atoms with van der Waals surface area (Å²) in [5, 5.41) is 9.70. The number of aryl methyl sites for hydroxylation is 1. The molecule has 2 heterocycles. The van der Waals surface area contributed by atoms with E-state index in [0.717, 1.165) is 12.1 Å². The summed E-state index contributed by atoms with van der Waals surface area (Å²) in [5.74, 6) is -1.01. The molecule has 1 N–H and O–H groups in total. The summed E-state index contributed by atoms with van der Waals surface area (Å²) in [7, 11) is 0. The van der Waals surface area contributed by atoms with E-state index in [-0.39, 0.29) is 10.6 Å². The summed E-state index contributed by atoms with van der Waals surface area (Å²) in [6.07, 6.45) is -3.47. The second-order valence-electron chi connectivity index (χ2n) is 6.57. The zero-order valence-corrected chi connectivity index (χ0v) is 15.3. The van der Waals surface area contributed by atoms with E-state index in [1.165, 1.54) is 6.07 Å². The van der Waals surface area contributed by atoms with Crippen molar-refractivity contribution < 1.29 is 23.1 Å². The van der Waals surface area contributed by atoms with Gasteiger partial charge in [0.2, 0.25) is 0 Å². The first-order valence-electron chi connectivity index (χ1n) is 8.47. The molecule has 8 heteroatoms. The minimum absolute atomic E-state index is 0.146. The maximum atomic E-state index is 13.2. The van der Waals surface area contributed by atoms with Crippen LogP contribution in [0.4, 0.5) is 13.2 Å². The minimum atomic E-state index is -4.53. The van der Waals surface area contributed by atoms with E-state index in [9.17, 15) is 23.1 Å². The van der Waals surface area contributed by atoms with Gasteiger partial charge < -0.3 is 5.11 Å². The first kappa shape index (κ1) is 19.6. The van der Waals surface area contributed by atoms with Crippen molar-refractivity contribution >= 4 is 17.6 Å². The zero-order valence-electron chi connectivity index (χ0n) is 14.5. The van der Waals surface area contributed by atoms with E-state index >= 15 is 0 Å². The van der Waals surface area contributed by atoms with Gasteiger partial charge in [0.25, 0.3) is 0 Å². The van der Waals surface area contributed by atoms with Crippen LogP contribution in [0.5, 0.6) is 0 Å². The molecule has 1 aliphatic heterocycles. The van der Waals surface area contributed by atoms with Crippen LogP contribution in [0.15, 0.2) is 36.4 Å². The van der Waals surface area contributed by atoms with Gasteiger partial charge in [-0.25, -0.2) is 0 Å². The number of carboxylic acid groups (broad SMARTS) is 1. The maximum absolute atomic E-state index is 13.2. The van der Waals surface area contributed by atoms with Crippen LogP contribution in [0.3, 0.4) is 0 Å². The fourth-order valence-corrected chi connectivity index (χ4v) is 3.74. The number of rotatable bonds is 4. The molecular weight excluding hydrogens is 381 g/mol. The van der Waals surface area contributed by atoms with Gasteiger partial charge in [0, 0.05) is 17.3 Å². The number of likely N-dealkylation sites (tertiary alicyclic amines) is 1. The van der Waals surface area contributed by atoms with Crippen LogP contribution in [0.1, 0.15) is 41.4 Å². The molecule has 1 aliphatic rings. The maximum Gasteiger partial charge on any atom is 0.416 e. The molecule has 0 radical (unpaired) electrons. The van der Waals surface area contributed by atoms with Gasteiger partial charge in [-0.15, -0.1) is 0 Å². The SMILES string of the molecule is Cc1cccc(C(c2cc(C(F)(F)F)ccc2Cl)N2CCCC2C(=O)O)n1. The predicted octanol–water partition coefficient (Wildman–Crippen LogP) is 4.70. The second kappa shape index (κ2) is 7.48. The smallest absolute Gasteiger partial charge is 0.416 e. The zero-order chi connectivity index (χ0) is 19.8. The summed E-state index contributed by atoms with van der Waals surface area (Å²) in [6.45, 7) is 2.21. The van der Waals surface area contributed by atoms with E-state index < -0.39 is 29.8 Å². The van der Waals surface area contributed by atoms with Crippen LogP contribution >= 0.6 is 11.6 Å². The van der Waals surface area contributed by atoms with Crippen molar-refractivity contribution in [1.82, 2.24) is 9.88 Å². The quantitative estimate of drug-likeness (QED) is 0.811. The Morgan fingerprint density at radius 3 is 2.70 bits per heavy atom. The van der Waals surface area contributed by atoms with E-state index in [4.69, 9.17) is 11.6 Å². The van der Waals surface area contributed by atoms with Crippen LogP contribution in [-0.2, 0) is 11.0 Å². The Hall–Kier alpha value is -2.12. The lowest BCUT2D eigenvalue weighted by Crippen LogP contribution is -2.39. The molecule has 2 unspecified atom stereocenters. The van der Waals surface area contributed by atoms with Crippen molar-refractivity contribution in [2.75, 3.05) is 6.54 Å². The fourth-order valence-electron chi connectivity index (χ4n) is 3.52. The van der Waals surface area contributed by atoms with Crippen LogP contribution in [0.25, 0.3) is 0 Å². The average molecular weight is 399 g/mol. The number of alkyl halides is 3. The first-order valence-corrected chi connectivity index (χ1v) is 8.85. The molecule has 2 aromatic rings. The van der Waals surface area contributed by atoms with E-state index in [1.807, 2.05) is 0 Å². The summed E-state index contributed by atoms with van der Waals surface area (Å²) < 4.78 is 39.7. The largest absolute Gasteiger partial charge is 0.480 e. The Balaban J connectivity index is 2.17. The molecule has 0 aliphatic carbocycles. The molecule has 0 saturated carbocycles. The summed E-state index contributed by atoms with van der Waals surface area (Å²) >= 11 is 6.27. The second-order valence-corrected chi connectivity index (χ2v) is 6.98. The molecule has 1 fully saturated rings. The van der Waals surface area contributed by atoms with Crippen molar-refractivity contribution in [3.05, 3.63) is 63.9 Å². The fraction of sp³-hybridized carbons (Fsp3) is 0.368. The Morgan fingerprint density at radius 2 is 2.07 bits per heavy atom. The van der Waals surface area contributed by atoms with Crippen molar-refractivity contribution in [3.63, 3.8) is 0 Å². The highest BCUT2D eigenvalue weighted by Gasteiger charge is 2.39. The van der Waals surface area contributed by atoms with E-state index in [1.54, 1.807) is 30.0 Å². The number of benzene rings is 1. The standard InChI is InChI=1S/C19H18ClF3N2O2/c1-11-4-2-5-15(24-11)17(25-9-3-6-16(25)18(26)27)13-10-12(19(21,22)23)7-8-14(13)20/h2,4-5,7-8,10,16-17H,3,6,9H2,1H3,(H,26,27). The number of carbonyl (C=O) groups is 1. The van der Waals surface area contributed by atoms with Gasteiger partial charge in [-0.05, 0) is 55.7 Å². The van der Waals surface area contributed by atoms with Crippen molar-refractivity contribution in [1.29, 1.82) is 0 Å².